The van der Waals surface area contributed by atoms with Crippen LogP contribution in [0.25, 0.3) is 0 Å². The molecular formula is C35H55N3O5S. The summed E-state index contributed by atoms with van der Waals surface area (Å²) < 4.78 is 5.72. The molecule has 0 bridgehead atoms. The summed E-state index contributed by atoms with van der Waals surface area (Å²) >= 11 is 1.32. The molecule has 1 N–H and O–H groups in total. The highest BCUT2D eigenvalue weighted by Crippen LogP contribution is 2.32. The SMILES string of the molecule is CC(=O)OC(CC(C(C)C)N(C)C(=O)CC(C)C)c1nc(C(=O)NC(Cc2ccccc2)CC(C)C(C)=O)c(C)s1.CCC. The highest BCUT2D eigenvalue weighted by molar-refractivity contribution is 7.12. The van der Waals surface area contributed by atoms with Gasteiger partial charge in [0.05, 0.1) is 0 Å². The van der Waals surface area contributed by atoms with Crippen LogP contribution in [0, 0.1) is 24.7 Å². The van der Waals surface area contributed by atoms with Crippen LogP contribution in [0.2, 0.25) is 0 Å². The summed E-state index contributed by atoms with van der Waals surface area (Å²) in [5.41, 5.74) is 1.34. The number of nitrogens with one attached hydrogen (secondary N) is 1. The van der Waals surface area contributed by atoms with Crippen molar-refractivity contribution in [3.05, 3.63) is 51.5 Å². The van der Waals surface area contributed by atoms with E-state index in [1.807, 2.05) is 71.9 Å². The molecule has 0 aliphatic heterocycles. The van der Waals surface area contributed by atoms with Crippen LogP contribution >= 0.6 is 11.3 Å². The first-order valence-corrected chi connectivity index (χ1v) is 16.7. The van der Waals surface area contributed by atoms with E-state index in [9.17, 15) is 19.2 Å². The summed E-state index contributed by atoms with van der Waals surface area (Å²) in [6.45, 7) is 19.0. The first-order chi connectivity index (χ1) is 20.6. The molecule has 0 radical (unpaired) electrons. The molecule has 0 saturated heterocycles. The second-order valence-corrected chi connectivity index (χ2v) is 13.8. The van der Waals surface area contributed by atoms with Gasteiger partial charge in [0.15, 0.2) is 6.10 Å². The number of hydrogen-bond donors (Lipinski definition) is 1. The molecule has 8 nitrogen and oxygen atoms in total. The Bertz CT molecular complexity index is 1190. The summed E-state index contributed by atoms with van der Waals surface area (Å²) in [6.07, 6.45) is 2.46. The van der Waals surface area contributed by atoms with Gasteiger partial charge in [-0.05, 0) is 44.1 Å². The highest BCUT2D eigenvalue weighted by Gasteiger charge is 2.32. The minimum atomic E-state index is -0.697. The minimum absolute atomic E-state index is 0.0416. The first kappa shape index (κ1) is 39.0. The van der Waals surface area contributed by atoms with E-state index in [0.29, 0.717) is 35.6 Å². The number of ketones is 1. The van der Waals surface area contributed by atoms with E-state index < -0.39 is 12.1 Å². The second-order valence-electron chi connectivity index (χ2n) is 12.5. The smallest absolute Gasteiger partial charge is 0.303 e. The third kappa shape index (κ3) is 13.3. The number of esters is 1. The second kappa shape index (κ2) is 19.3. The van der Waals surface area contributed by atoms with Crippen LogP contribution in [0.15, 0.2) is 30.3 Å². The van der Waals surface area contributed by atoms with Gasteiger partial charge in [-0.1, -0.05) is 85.2 Å². The Labute approximate surface area is 269 Å². The minimum Gasteiger partial charge on any atom is -0.455 e. The zero-order valence-electron chi connectivity index (χ0n) is 28.7. The first-order valence-electron chi connectivity index (χ1n) is 15.9. The maximum atomic E-state index is 13.5. The van der Waals surface area contributed by atoms with E-state index in [1.54, 1.807) is 18.9 Å². The van der Waals surface area contributed by atoms with Crippen molar-refractivity contribution in [2.24, 2.45) is 17.8 Å². The number of benzene rings is 1. The van der Waals surface area contributed by atoms with Crippen LogP contribution in [0.3, 0.4) is 0 Å². The number of nitrogens with zero attached hydrogens (tertiary/aromatic N) is 2. The van der Waals surface area contributed by atoms with Gasteiger partial charge in [0.2, 0.25) is 5.91 Å². The van der Waals surface area contributed by atoms with E-state index in [1.165, 1.54) is 24.7 Å². The summed E-state index contributed by atoms with van der Waals surface area (Å²) in [6, 6.07) is 9.40. The van der Waals surface area contributed by atoms with Gasteiger partial charge >= 0.3 is 5.97 Å². The van der Waals surface area contributed by atoms with Gasteiger partial charge in [-0.2, -0.15) is 0 Å². The van der Waals surface area contributed by atoms with Gasteiger partial charge in [-0.3, -0.25) is 19.2 Å². The number of Topliss-reactive ketones (excluding diaryl/α,β-unsaturated/α-hetero) is 1. The molecule has 4 atom stereocenters. The van der Waals surface area contributed by atoms with Crippen LogP contribution in [0.4, 0.5) is 0 Å². The van der Waals surface area contributed by atoms with Crippen molar-refractivity contribution in [2.75, 3.05) is 7.05 Å². The number of hydrogen-bond acceptors (Lipinski definition) is 7. The Hall–Kier alpha value is -3.07. The molecule has 2 amide bonds. The van der Waals surface area contributed by atoms with Gasteiger partial charge in [0.25, 0.3) is 5.91 Å². The van der Waals surface area contributed by atoms with E-state index in [2.05, 4.69) is 24.1 Å². The van der Waals surface area contributed by atoms with E-state index in [0.717, 1.165) is 5.56 Å². The number of rotatable bonds is 15. The fourth-order valence-electron chi connectivity index (χ4n) is 4.88. The standard InChI is InChI=1S/C32H47N3O5S.C3H8/c1-19(2)15-29(38)35(9)27(20(3)4)18-28(40-24(8)37)32-34-30(23(7)41-32)31(39)33-26(16-21(5)22(6)36)17-25-13-11-10-12-14-25;1-3-2/h10-14,19-21,26-28H,15-18H2,1-9H3,(H,33,39);3H2,1-2H3. The molecule has 1 heterocycles. The monoisotopic (exact) mass is 629 g/mol. The van der Waals surface area contributed by atoms with Crippen LogP contribution in [0.1, 0.15) is 120 Å². The zero-order valence-corrected chi connectivity index (χ0v) is 29.5. The summed E-state index contributed by atoms with van der Waals surface area (Å²) in [7, 11) is 1.79. The number of carbonyl (C=O) groups excluding carboxylic acids is 4. The van der Waals surface area contributed by atoms with Gasteiger partial charge in [-0.25, -0.2) is 4.98 Å². The molecule has 0 aliphatic carbocycles. The summed E-state index contributed by atoms with van der Waals surface area (Å²) in [5, 5.41) is 3.63. The number of aromatic nitrogens is 1. The molecule has 2 aromatic rings. The Balaban J connectivity index is 0.00000309. The van der Waals surface area contributed by atoms with E-state index in [4.69, 9.17) is 4.74 Å². The maximum absolute atomic E-state index is 13.5. The van der Waals surface area contributed by atoms with Crippen LogP contribution in [-0.4, -0.2) is 52.6 Å². The van der Waals surface area contributed by atoms with E-state index in [-0.39, 0.29) is 53.1 Å². The van der Waals surface area contributed by atoms with Gasteiger partial charge in [0.1, 0.15) is 16.5 Å². The third-order valence-corrected chi connectivity index (χ3v) is 8.37. The van der Waals surface area contributed by atoms with Gasteiger partial charge < -0.3 is 15.0 Å². The number of amides is 2. The number of carbonyl (C=O) groups is 4. The lowest BCUT2D eigenvalue weighted by Gasteiger charge is -2.34. The maximum Gasteiger partial charge on any atom is 0.303 e. The average Bonchev–Trinajstić information content (AvgIpc) is 3.32. The quantitative estimate of drug-likeness (QED) is 0.207. The molecule has 0 fully saturated rings. The van der Waals surface area contributed by atoms with Crippen LogP contribution < -0.4 is 5.32 Å². The molecule has 9 heteroatoms. The zero-order chi connectivity index (χ0) is 33.6. The van der Waals surface area contributed by atoms with Gasteiger partial charge in [-0.15, -0.1) is 11.3 Å². The number of aryl methyl sites for hydroxylation is 1. The van der Waals surface area contributed by atoms with E-state index >= 15 is 0 Å². The Morgan fingerprint density at radius 3 is 2.07 bits per heavy atom. The van der Waals surface area contributed by atoms with Crippen molar-refractivity contribution in [1.29, 1.82) is 0 Å². The molecule has 4 unspecified atom stereocenters. The molecular weight excluding hydrogens is 574 g/mol. The van der Waals surface area contributed by atoms with Crippen molar-refractivity contribution in [2.45, 2.75) is 120 Å². The topological polar surface area (TPSA) is 106 Å². The molecule has 246 valence electrons. The predicted octanol–water partition coefficient (Wildman–Crippen LogP) is 7.35. The average molecular weight is 630 g/mol. The lowest BCUT2D eigenvalue weighted by molar-refractivity contribution is -0.148. The van der Waals surface area contributed by atoms with Crippen molar-refractivity contribution in [1.82, 2.24) is 15.2 Å². The summed E-state index contributed by atoms with van der Waals surface area (Å²) in [5.74, 6) is -0.520. The van der Waals surface area contributed by atoms with Crippen molar-refractivity contribution >= 4 is 34.9 Å². The lowest BCUT2D eigenvalue weighted by Crippen LogP contribution is -2.42. The van der Waals surface area contributed by atoms with Crippen molar-refractivity contribution < 1.29 is 23.9 Å². The Morgan fingerprint density at radius 2 is 1.57 bits per heavy atom. The molecule has 44 heavy (non-hydrogen) atoms. The molecule has 0 saturated carbocycles. The van der Waals surface area contributed by atoms with Crippen molar-refractivity contribution in [3.63, 3.8) is 0 Å². The highest BCUT2D eigenvalue weighted by atomic mass is 32.1. The largest absolute Gasteiger partial charge is 0.455 e. The fraction of sp³-hybridized carbons (Fsp3) is 0.629. The van der Waals surface area contributed by atoms with Gasteiger partial charge in [0, 0.05) is 49.7 Å². The predicted molar refractivity (Wildman–Crippen MR) is 179 cm³/mol. The molecule has 1 aromatic carbocycles. The summed E-state index contributed by atoms with van der Waals surface area (Å²) in [4.78, 5) is 57.6. The molecule has 2 rings (SSSR count). The molecule has 0 spiro atoms. The molecule has 0 aliphatic rings. The Kier molecular flexibility index (Phi) is 17.1. The third-order valence-electron chi connectivity index (χ3n) is 7.30. The number of ether oxygens (including phenoxy) is 1. The van der Waals surface area contributed by atoms with Crippen LogP contribution in [-0.2, 0) is 25.5 Å². The van der Waals surface area contributed by atoms with Crippen LogP contribution in [0.5, 0.6) is 0 Å². The Morgan fingerprint density at radius 1 is 0.977 bits per heavy atom. The van der Waals surface area contributed by atoms with Crippen molar-refractivity contribution in [3.8, 4) is 0 Å². The normalized spacial score (nSPS) is 13.8. The lowest BCUT2D eigenvalue weighted by atomic mass is 9.93. The molecule has 1 aromatic heterocycles. The number of thiazole rings is 1. The fourth-order valence-corrected chi connectivity index (χ4v) is 5.84.